The zero-order chi connectivity index (χ0) is 14.5. The van der Waals surface area contributed by atoms with Gasteiger partial charge in [0.25, 0.3) is 0 Å². The molecule has 1 aromatic carbocycles. The van der Waals surface area contributed by atoms with Gasteiger partial charge in [-0.3, -0.25) is 0 Å². The number of hydrogen-bond donors (Lipinski definition) is 1. The van der Waals surface area contributed by atoms with Gasteiger partial charge in [0.05, 0.1) is 5.56 Å². The summed E-state index contributed by atoms with van der Waals surface area (Å²) in [6.45, 7) is 4.43. The quantitative estimate of drug-likeness (QED) is 0.905. The number of nitrogen functional groups attached to an aromatic ring is 1. The summed E-state index contributed by atoms with van der Waals surface area (Å²) in [6, 6.07) is 8.00. The minimum Gasteiger partial charge on any atom is -0.472 e. The molecule has 20 heavy (non-hydrogen) atoms. The predicted molar refractivity (Wildman–Crippen MR) is 83.7 cm³/mol. The van der Waals surface area contributed by atoms with E-state index >= 15 is 0 Å². The molecule has 5 heteroatoms. The lowest BCUT2D eigenvalue weighted by Crippen LogP contribution is -2.07. The molecule has 0 aliphatic heterocycles. The number of anilines is 1. The first-order valence-electron chi connectivity index (χ1n) is 6.60. The summed E-state index contributed by atoms with van der Waals surface area (Å²) < 4.78 is 6.83. The van der Waals surface area contributed by atoms with Gasteiger partial charge in [0, 0.05) is 10.9 Å². The second-order valence-electron chi connectivity index (χ2n) is 4.62. The molecule has 4 nitrogen and oxygen atoms in total. The van der Waals surface area contributed by atoms with Gasteiger partial charge in [-0.15, -0.1) is 0 Å². The van der Waals surface area contributed by atoms with Crippen LogP contribution >= 0.6 is 15.9 Å². The third kappa shape index (κ3) is 3.70. The molecule has 0 spiro atoms. The topological polar surface area (TPSA) is 61.0 Å². The Hall–Kier alpha value is -1.62. The Balaban J connectivity index is 2.13. The van der Waals surface area contributed by atoms with E-state index in [0.717, 1.165) is 34.3 Å². The Bertz CT molecular complexity index is 584. The largest absolute Gasteiger partial charge is 0.472 e. The van der Waals surface area contributed by atoms with E-state index < -0.39 is 0 Å². The summed E-state index contributed by atoms with van der Waals surface area (Å²) in [5.74, 6) is 1.81. The number of aromatic nitrogens is 2. The Labute approximate surface area is 127 Å². The molecule has 0 atom stereocenters. The van der Waals surface area contributed by atoms with Crippen LogP contribution in [0.4, 0.5) is 5.82 Å². The van der Waals surface area contributed by atoms with Gasteiger partial charge < -0.3 is 10.5 Å². The van der Waals surface area contributed by atoms with Gasteiger partial charge in [0.2, 0.25) is 5.88 Å². The van der Waals surface area contributed by atoms with Gasteiger partial charge in [-0.25, -0.2) is 4.98 Å². The molecule has 2 N–H and O–H groups in total. The van der Waals surface area contributed by atoms with Gasteiger partial charge in [-0.05, 0) is 31.0 Å². The fourth-order valence-electron chi connectivity index (χ4n) is 1.77. The molecule has 0 amide bonds. The number of rotatable bonds is 5. The summed E-state index contributed by atoms with van der Waals surface area (Å²) in [5, 5.41) is 0. The molecule has 0 unspecified atom stereocenters. The molecule has 2 aromatic rings. The summed E-state index contributed by atoms with van der Waals surface area (Å²) in [6.07, 6.45) is 1.79. The van der Waals surface area contributed by atoms with Crippen molar-refractivity contribution >= 4 is 21.7 Å². The zero-order valence-electron chi connectivity index (χ0n) is 11.7. The first-order chi connectivity index (χ1) is 9.60. The van der Waals surface area contributed by atoms with Crippen LogP contribution in [0.3, 0.4) is 0 Å². The first-order valence-corrected chi connectivity index (χ1v) is 7.39. The molecule has 0 aliphatic carbocycles. The molecule has 0 saturated carbocycles. The van der Waals surface area contributed by atoms with Gasteiger partial charge >= 0.3 is 0 Å². The lowest BCUT2D eigenvalue weighted by atomic mass is 10.2. The van der Waals surface area contributed by atoms with Crippen molar-refractivity contribution in [1.29, 1.82) is 0 Å². The third-order valence-corrected chi connectivity index (χ3v) is 3.48. The molecule has 1 aromatic heterocycles. The van der Waals surface area contributed by atoms with Crippen molar-refractivity contribution in [2.45, 2.75) is 33.3 Å². The van der Waals surface area contributed by atoms with Crippen LogP contribution in [0.25, 0.3) is 0 Å². The maximum absolute atomic E-state index is 5.90. The van der Waals surface area contributed by atoms with E-state index in [4.69, 9.17) is 10.5 Å². The normalized spacial score (nSPS) is 10.6. The highest BCUT2D eigenvalue weighted by atomic mass is 79.9. The van der Waals surface area contributed by atoms with Crippen molar-refractivity contribution in [3.63, 3.8) is 0 Å². The summed E-state index contributed by atoms with van der Waals surface area (Å²) in [7, 11) is 0. The van der Waals surface area contributed by atoms with Gasteiger partial charge in [0.15, 0.2) is 0 Å². The first kappa shape index (κ1) is 14.8. The summed E-state index contributed by atoms with van der Waals surface area (Å²) in [5.41, 5.74) is 7.78. The maximum Gasteiger partial charge on any atom is 0.222 e. The SMILES string of the molecule is CCCc1nc(N)c(C)c(OCc2ccc(Br)cc2)n1. The summed E-state index contributed by atoms with van der Waals surface area (Å²) in [4.78, 5) is 8.70. The Morgan fingerprint density at radius 2 is 1.90 bits per heavy atom. The smallest absolute Gasteiger partial charge is 0.222 e. The summed E-state index contributed by atoms with van der Waals surface area (Å²) >= 11 is 3.41. The Kier molecular flexibility index (Phi) is 4.95. The molecule has 1 heterocycles. The van der Waals surface area contributed by atoms with E-state index in [1.54, 1.807) is 0 Å². The monoisotopic (exact) mass is 335 g/mol. The van der Waals surface area contributed by atoms with Crippen LogP contribution < -0.4 is 10.5 Å². The van der Waals surface area contributed by atoms with E-state index in [2.05, 4.69) is 32.8 Å². The molecule has 0 radical (unpaired) electrons. The highest BCUT2D eigenvalue weighted by molar-refractivity contribution is 9.10. The number of aryl methyl sites for hydroxylation is 1. The fourth-order valence-corrected chi connectivity index (χ4v) is 2.03. The van der Waals surface area contributed by atoms with Crippen molar-refractivity contribution in [2.24, 2.45) is 0 Å². The van der Waals surface area contributed by atoms with E-state index in [1.807, 2.05) is 31.2 Å². The minimum absolute atomic E-state index is 0.468. The minimum atomic E-state index is 0.468. The average Bonchev–Trinajstić information content (AvgIpc) is 2.43. The maximum atomic E-state index is 5.90. The van der Waals surface area contributed by atoms with Gasteiger partial charge in [-0.1, -0.05) is 35.0 Å². The van der Waals surface area contributed by atoms with Crippen molar-refractivity contribution in [1.82, 2.24) is 9.97 Å². The van der Waals surface area contributed by atoms with E-state index in [0.29, 0.717) is 18.3 Å². The van der Waals surface area contributed by atoms with E-state index in [9.17, 15) is 0 Å². The van der Waals surface area contributed by atoms with Crippen LogP contribution in [0, 0.1) is 6.92 Å². The van der Waals surface area contributed by atoms with Crippen molar-refractivity contribution < 1.29 is 4.74 Å². The van der Waals surface area contributed by atoms with Gasteiger partial charge in [-0.2, -0.15) is 4.98 Å². The van der Waals surface area contributed by atoms with E-state index in [-0.39, 0.29) is 0 Å². The number of ether oxygens (including phenoxy) is 1. The highest BCUT2D eigenvalue weighted by Crippen LogP contribution is 2.21. The van der Waals surface area contributed by atoms with Crippen molar-refractivity contribution in [2.75, 3.05) is 5.73 Å². The number of hydrogen-bond acceptors (Lipinski definition) is 4. The second-order valence-corrected chi connectivity index (χ2v) is 5.54. The lowest BCUT2D eigenvalue weighted by molar-refractivity contribution is 0.290. The zero-order valence-corrected chi connectivity index (χ0v) is 13.3. The molecular formula is C15H18BrN3O. The number of nitrogens with zero attached hydrogens (tertiary/aromatic N) is 2. The van der Waals surface area contributed by atoms with Crippen molar-refractivity contribution in [3.05, 3.63) is 45.7 Å². The third-order valence-electron chi connectivity index (χ3n) is 2.95. The lowest BCUT2D eigenvalue weighted by Gasteiger charge is -2.11. The van der Waals surface area contributed by atoms with Crippen LogP contribution in [0.5, 0.6) is 5.88 Å². The Morgan fingerprint density at radius 1 is 1.20 bits per heavy atom. The van der Waals surface area contributed by atoms with Crippen LogP contribution in [-0.2, 0) is 13.0 Å². The molecule has 106 valence electrons. The molecule has 0 bridgehead atoms. The van der Waals surface area contributed by atoms with Gasteiger partial charge in [0.1, 0.15) is 18.2 Å². The molecule has 0 fully saturated rings. The van der Waals surface area contributed by atoms with Crippen LogP contribution in [-0.4, -0.2) is 9.97 Å². The molecule has 0 aliphatic rings. The highest BCUT2D eigenvalue weighted by Gasteiger charge is 2.09. The molecular weight excluding hydrogens is 318 g/mol. The Morgan fingerprint density at radius 3 is 2.55 bits per heavy atom. The molecule has 0 saturated heterocycles. The number of benzene rings is 1. The molecule has 2 rings (SSSR count). The van der Waals surface area contributed by atoms with Crippen LogP contribution in [0.2, 0.25) is 0 Å². The van der Waals surface area contributed by atoms with E-state index in [1.165, 1.54) is 0 Å². The number of halogens is 1. The van der Waals surface area contributed by atoms with Crippen LogP contribution in [0.15, 0.2) is 28.7 Å². The fraction of sp³-hybridized carbons (Fsp3) is 0.333. The van der Waals surface area contributed by atoms with Crippen LogP contribution in [0.1, 0.15) is 30.3 Å². The standard InChI is InChI=1S/C15H18BrN3O/c1-3-4-13-18-14(17)10(2)15(19-13)20-9-11-5-7-12(16)8-6-11/h5-8H,3-4,9H2,1-2H3,(H2,17,18,19). The predicted octanol–water partition coefficient (Wildman–Crippen LogP) is 3.66. The number of nitrogens with two attached hydrogens (primary N) is 1. The van der Waals surface area contributed by atoms with Crippen molar-refractivity contribution in [3.8, 4) is 5.88 Å². The second kappa shape index (κ2) is 6.70. The average molecular weight is 336 g/mol.